The van der Waals surface area contributed by atoms with Crippen molar-refractivity contribution in [1.29, 1.82) is 0 Å². The van der Waals surface area contributed by atoms with Crippen LogP contribution in [-0.2, 0) is 11.3 Å². The maximum atomic E-state index is 6.19. The first kappa shape index (κ1) is 15.4. The predicted molar refractivity (Wildman–Crippen MR) is 87.9 cm³/mol. The fourth-order valence-corrected chi connectivity index (χ4v) is 4.70. The smallest absolute Gasteiger partial charge is 0.0718 e. The zero-order valence-corrected chi connectivity index (χ0v) is 14.0. The number of hydrogen-bond acceptors (Lipinski definition) is 4. The van der Waals surface area contributed by atoms with Crippen molar-refractivity contribution < 1.29 is 4.74 Å². The van der Waals surface area contributed by atoms with Gasteiger partial charge in [-0.15, -0.1) is 0 Å². The van der Waals surface area contributed by atoms with Gasteiger partial charge in [0.1, 0.15) is 0 Å². The second-order valence-corrected chi connectivity index (χ2v) is 7.52. The first-order valence-electron chi connectivity index (χ1n) is 8.19. The van der Waals surface area contributed by atoms with E-state index < -0.39 is 0 Å². The summed E-state index contributed by atoms with van der Waals surface area (Å²) < 4.78 is 8.41. The Balaban J connectivity index is 1.71. The number of thioether (sulfide) groups is 1. The predicted octanol–water partition coefficient (Wildman–Crippen LogP) is 2.92. The van der Waals surface area contributed by atoms with Gasteiger partial charge in [-0.05, 0) is 50.7 Å². The van der Waals surface area contributed by atoms with E-state index in [1.807, 2.05) is 0 Å². The normalized spacial score (nSPS) is 25.3. The third-order valence-corrected chi connectivity index (χ3v) is 5.81. The SMILES string of the molecule is CCNCc1cn(C2CCOC3(CCSCC3)C2)nc1C. The molecule has 3 heterocycles. The first-order valence-corrected chi connectivity index (χ1v) is 9.35. The van der Waals surface area contributed by atoms with E-state index in [0.29, 0.717) is 6.04 Å². The Hall–Kier alpha value is -0.520. The van der Waals surface area contributed by atoms with Gasteiger partial charge in [0.25, 0.3) is 0 Å². The minimum Gasteiger partial charge on any atom is -0.375 e. The summed E-state index contributed by atoms with van der Waals surface area (Å²) in [5, 5.41) is 8.18. The standard InChI is InChI=1S/C16H27N3OS/c1-3-17-11-14-12-19(18-13(14)2)15-4-7-20-16(10-15)5-8-21-9-6-16/h12,15,17H,3-11H2,1-2H3. The molecule has 2 fully saturated rings. The highest BCUT2D eigenvalue weighted by Crippen LogP contribution is 2.41. The van der Waals surface area contributed by atoms with Gasteiger partial charge in [-0.25, -0.2) is 0 Å². The summed E-state index contributed by atoms with van der Waals surface area (Å²) >= 11 is 2.06. The van der Waals surface area contributed by atoms with Crippen LogP contribution in [0.3, 0.4) is 0 Å². The molecule has 0 radical (unpaired) electrons. The van der Waals surface area contributed by atoms with Gasteiger partial charge in [-0.3, -0.25) is 4.68 Å². The summed E-state index contributed by atoms with van der Waals surface area (Å²) in [6.07, 6.45) is 6.89. The van der Waals surface area contributed by atoms with E-state index in [1.54, 1.807) is 0 Å². The molecular weight excluding hydrogens is 282 g/mol. The fourth-order valence-electron chi connectivity index (χ4n) is 3.46. The molecule has 1 unspecified atom stereocenters. The van der Waals surface area contributed by atoms with Crippen LogP contribution in [0.25, 0.3) is 0 Å². The van der Waals surface area contributed by atoms with E-state index in [9.17, 15) is 0 Å². The first-order chi connectivity index (χ1) is 10.2. The van der Waals surface area contributed by atoms with E-state index in [-0.39, 0.29) is 5.60 Å². The Morgan fingerprint density at radius 2 is 2.29 bits per heavy atom. The number of ether oxygens (including phenoxy) is 1. The number of rotatable bonds is 4. The van der Waals surface area contributed by atoms with Gasteiger partial charge in [0, 0.05) is 24.9 Å². The zero-order valence-electron chi connectivity index (χ0n) is 13.2. The Labute approximate surface area is 132 Å². The lowest BCUT2D eigenvalue weighted by molar-refractivity contribution is -0.100. The molecule has 0 aromatic carbocycles. The van der Waals surface area contributed by atoms with E-state index >= 15 is 0 Å². The Kier molecular flexibility index (Phi) is 4.92. The van der Waals surface area contributed by atoms with Crippen LogP contribution in [0.5, 0.6) is 0 Å². The molecule has 1 aromatic heterocycles. The van der Waals surface area contributed by atoms with Gasteiger partial charge in [0.15, 0.2) is 0 Å². The monoisotopic (exact) mass is 309 g/mol. The van der Waals surface area contributed by atoms with E-state index in [2.05, 4.69) is 41.8 Å². The molecule has 5 heteroatoms. The Morgan fingerprint density at radius 1 is 1.48 bits per heavy atom. The molecular formula is C16H27N3OS. The minimum atomic E-state index is 0.135. The molecule has 2 aliphatic rings. The molecule has 2 aliphatic heterocycles. The van der Waals surface area contributed by atoms with Crippen molar-refractivity contribution in [2.45, 2.75) is 57.7 Å². The van der Waals surface area contributed by atoms with Crippen molar-refractivity contribution in [2.75, 3.05) is 24.7 Å². The van der Waals surface area contributed by atoms with Gasteiger partial charge >= 0.3 is 0 Å². The number of hydrogen-bond donors (Lipinski definition) is 1. The molecule has 3 rings (SSSR count). The second-order valence-electron chi connectivity index (χ2n) is 6.29. The molecule has 0 amide bonds. The van der Waals surface area contributed by atoms with Crippen LogP contribution in [0.2, 0.25) is 0 Å². The van der Waals surface area contributed by atoms with Crippen LogP contribution in [0.15, 0.2) is 6.20 Å². The molecule has 0 aliphatic carbocycles. The third kappa shape index (κ3) is 3.46. The summed E-state index contributed by atoms with van der Waals surface area (Å²) in [4.78, 5) is 0. The summed E-state index contributed by atoms with van der Waals surface area (Å²) in [5.74, 6) is 2.49. The van der Waals surface area contributed by atoms with Crippen LogP contribution < -0.4 is 5.32 Å². The van der Waals surface area contributed by atoms with Crippen LogP contribution in [0.4, 0.5) is 0 Å². The van der Waals surface area contributed by atoms with Crippen molar-refractivity contribution in [2.24, 2.45) is 0 Å². The molecule has 118 valence electrons. The number of aromatic nitrogens is 2. The molecule has 1 atom stereocenters. The summed E-state index contributed by atoms with van der Waals surface area (Å²) in [6.45, 7) is 7.07. The van der Waals surface area contributed by atoms with Crippen molar-refractivity contribution >= 4 is 11.8 Å². The fraction of sp³-hybridized carbons (Fsp3) is 0.812. The molecule has 4 nitrogen and oxygen atoms in total. The third-order valence-electron chi connectivity index (χ3n) is 4.83. The lowest BCUT2D eigenvalue weighted by atomic mass is 9.85. The van der Waals surface area contributed by atoms with Gasteiger partial charge < -0.3 is 10.1 Å². The zero-order chi connectivity index (χ0) is 14.7. The van der Waals surface area contributed by atoms with Gasteiger partial charge in [0.2, 0.25) is 0 Å². The summed E-state index contributed by atoms with van der Waals surface area (Å²) in [6, 6.07) is 0.510. The van der Waals surface area contributed by atoms with E-state index in [0.717, 1.165) is 38.2 Å². The van der Waals surface area contributed by atoms with Crippen LogP contribution >= 0.6 is 11.8 Å². The highest BCUT2D eigenvalue weighted by molar-refractivity contribution is 7.99. The lowest BCUT2D eigenvalue weighted by Crippen LogP contribution is -2.43. The number of nitrogens with zero attached hydrogens (tertiary/aromatic N) is 2. The van der Waals surface area contributed by atoms with Gasteiger partial charge in [-0.2, -0.15) is 16.9 Å². The van der Waals surface area contributed by atoms with Crippen molar-refractivity contribution in [3.63, 3.8) is 0 Å². The molecule has 0 saturated carbocycles. The summed E-state index contributed by atoms with van der Waals surface area (Å²) in [5.41, 5.74) is 2.63. The topological polar surface area (TPSA) is 39.1 Å². The number of aryl methyl sites for hydroxylation is 1. The van der Waals surface area contributed by atoms with Crippen molar-refractivity contribution in [3.05, 3.63) is 17.5 Å². The number of nitrogens with one attached hydrogen (secondary N) is 1. The minimum absolute atomic E-state index is 0.135. The average Bonchev–Trinajstić information content (AvgIpc) is 2.87. The molecule has 2 saturated heterocycles. The maximum absolute atomic E-state index is 6.19. The highest BCUT2D eigenvalue weighted by Gasteiger charge is 2.39. The quantitative estimate of drug-likeness (QED) is 0.928. The molecule has 21 heavy (non-hydrogen) atoms. The second kappa shape index (κ2) is 6.71. The van der Waals surface area contributed by atoms with Crippen molar-refractivity contribution in [3.8, 4) is 0 Å². The van der Waals surface area contributed by atoms with Crippen LogP contribution in [0, 0.1) is 6.92 Å². The molecule has 1 aromatic rings. The van der Waals surface area contributed by atoms with Gasteiger partial charge in [0.05, 0.1) is 17.3 Å². The Bertz CT molecular complexity index is 463. The van der Waals surface area contributed by atoms with E-state index in [4.69, 9.17) is 9.84 Å². The van der Waals surface area contributed by atoms with Gasteiger partial charge in [-0.1, -0.05) is 6.92 Å². The highest BCUT2D eigenvalue weighted by atomic mass is 32.2. The lowest BCUT2D eigenvalue weighted by Gasteiger charge is -2.43. The van der Waals surface area contributed by atoms with E-state index in [1.165, 1.54) is 29.9 Å². The molecule has 0 bridgehead atoms. The molecule has 1 spiro atoms. The maximum Gasteiger partial charge on any atom is 0.0718 e. The largest absolute Gasteiger partial charge is 0.375 e. The molecule has 1 N–H and O–H groups in total. The average molecular weight is 309 g/mol. The van der Waals surface area contributed by atoms with Crippen LogP contribution in [-0.4, -0.2) is 40.0 Å². The Morgan fingerprint density at radius 3 is 3.05 bits per heavy atom. The van der Waals surface area contributed by atoms with Crippen molar-refractivity contribution in [1.82, 2.24) is 15.1 Å². The van der Waals surface area contributed by atoms with Crippen LogP contribution in [0.1, 0.15) is 49.9 Å². The summed E-state index contributed by atoms with van der Waals surface area (Å²) in [7, 11) is 0.